The summed E-state index contributed by atoms with van der Waals surface area (Å²) in [5, 5.41) is 10.9. The molecule has 0 aliphatic heterocycles. The number of nitrogens with zero attached hydrogens (tertiary/aromatic N) is 4. The van der Waals surface area contributed by atoms with E-state index < -0.39 is 0 Å². The number of aryl methyl sites for hydroxylation is 1. The Morgan fingerprint density at radius 2 is 2.20 bits per heavy atom. The highest BCUT2D eigenvalue weighted by molar-refractivity contribution is 7.16. The Bertz CT molecular complexity index is 715. The Morgan fingerprint density at radius 1 is 1.30 bits per heavy atom. The van der Waals surface area contributed by atoms with Crippen LogP contribution in [0.1, 0.15) is 24.9 Å². The Morgan fingerprint density at radius 3 is 2.95 bits per heavy atom. The maximum Gasteiger partial charge on any atom is 0.153 e. The molecule has 6 heteroatoms. The van der Waals surface area contributed by atoms with Crippen LogP contribution in [0.25, 0.3) is 10.2 Å². The van der Waals surface area contributed by atoms with Crippen LogP contribution in [0.4, 0.5) is 5.82 Å². The van der Waals surface area contributed by atoms with Gasteiger partial charge < -0.3 is 5.32 Å². The van der Waals surface area contributed by atoms with E-state index in [2.05, 4.69) is 38.8 Å². The third-order valence-electron chi connectivity index (χ3n) is 2.99. The van der Waals surface area contributed by atoms with Gasteiger partial charge in [-0.15, -0.1) is 11.3 Å². The molecule has 0 radical (unpaired) electrons. The quantitative estimate of drug-likeness (QED) is 0.783. The highest BCUT2D eigenvalue weighted by atomic mass is 32.1. The van der Waals surface area contributed by atoms with Gasteiger partial charge in [-0.1, -0.05) is 6.92 Å². The normalized spacial score (nSPS) is 11.1. The molecular formula is C14H17N5S. The lowest BCUT2D eigenvalue weighted by Crippen LogP contribution is -2.09. The zero-order chi connectivity index (χ0) is 13.9. The van der Waals surface area contributed by atoms with Crippen LogP contribution < -0.4 is 5.32 Å². The number of hydrogen-bond donors (Lipinski definition) is 1. The van der Waals surface area contributed by atoms with Gasteiger partial charge in [-0.25, -0.2) is 9.97 Å². The topological polar surface area (TPSA) is 55.6 Å². The van der Waals surface area contributed by atoms with Gasteiger partial charge in [0.15, 0.2) is 5.82 Å². The zero-order valence-electron chi connectivity index (χ0n) is 11.6. The van der Waals surface area contributed by atoms with E-state index in [-0.39, 0.29) is 0 Å². The van der Waals surface area contributed by atoms with Gasteiger partial charge in [-0.2, -0.15) is 5.10 Å². The van der Waals surface area contributed by atoms with Crippen molar-refractivity contribution in [3.63, 3.8) is 0 Å². The van der Waals surface area contributed by atoms with Gasteiger partial charge in [0.25, 0.3) is 0 Å². The summed E-state index contributed by atoms with van der Waals surface area (Å²) in [6, 6.07) is 4.06. The van der Waals surface area contributed by atoms with E-state index in [1.165, 1.54) is 0 Å². The Kier molecular flexibility index (Phi) is 3.64. The molecule has 0 saturated heterocycles. The van der Waals surface area contributed by atoms with E-state index in [1.807, 2.05) is 23.9 Å². The van der Waals surface area contributed by atoms with E-state index in [4.69, 9.17) is 0 Å². The van der Waals surface area contributed by atoms with E-state index in [9.17, 15) is 0 Å². The maximum absolute atomic E-state index is 4.64. The average molecular weight is 287 g/mol. The summed E-state index contributed by atoms with van der Waals surface area (Å²) < 4.78 is 1.87. The fourth-order valence-corrected chi connectivity index (χ4v) is 2.83. The number of hydrogen-bond acceptors (Lipinski definition) is 5. The minimum absolute atomic E-state index is 0.600. The number of anilines is 1. The molecule has 0 spiro atoms. The molecule has 0 aliphatic rings. The van der Waals surface area contributed by atoms with Crippen molar-refractivity contribution in [3.05, 3.63) is 35.2 Å². The lowest BCUT2D eigenvalue weighted by molar-refractivity contribution is 0.652. The zero-order valence-corrected chi connectivity index (χ0v) is 12.4. The van der Waals surface area contributed by atoms with Crippen LogP contribution in [0.15, 0.2) is 23.7 Å². The number of rotatable bonds is 5. The lowest BCUT2D eigenvalue weighted by atomic mass is 10.3. The molecule has 3 aromatic heterocycles. The third-order valence-corrected chi connectivity index (χ3v) is 3.80. The molecule has 0 aliphatic carbocycles. The van der Waals surface area contributed by atoms with Crippen LogP contribution in [-0.2, 0) is 6.54 Å². The predicted octanol–water partition coefficient (Wildman–Crippen LogP) is 3.07. The monoisotopic (exact) mass is 287 g/mol. The molecule has 5 nitrogen and oxygen atoms in total. The van der Waals surface area contributed by atoms with Crippen LogP contribution in [-0.4, -0.2) is 26.3 Å². The number of fused-ring (bicyclic) bond motifs is 1. The second-order valence-corrected chi connectivity index (χ2v) is 5.60. The average Bonchev–Trinajstić information content (AvgIpc) is 3.05. The summed E-state index contributed by atoms with van der Waals surface area (Å²) in [6.45, 7) is 5.64. The van der Waals surface area contributed by atoms with Crippen molar-refractivity contribution in [2.45, 2.75) is 26.8 Å². The second-order valence-electron chi connectivity index (χ2n) is 4.71. The molecule has 104 valence electrons. The van der Waals surface area contributed by atoms with Crippen molar-refractivity contribution in [2.75, 3.05) is 11.9 Å². The van der Waals surface area contributed by atoms with Crippen molar-refractivity contribution in [1.82, 2.24) is 19.7 Å². The van der Waals surface area contributed by atoms with E-state index in [1.54, 1.807) is 11.3 Å². The summed E-state index contributed by atoms with van der Waals surface area (Å²) in [4.78, 5) is 10.3. The molecule has 3 heterocycles. The molecular weight excluding hydrogens is 270 g/mol. The van der Waals surface area contributed by atoms with Gasteiger partial charge in [0, 0.05) is 12.7 Å². The lowest BCUT2D eigenvalue weighted by Gasteiger charge is -2.08. The van der Waals surface area contributed by atoms with Crippen molar-refractivity contribution in [3.8, 4) is 0 Å². The standard InChI is InChI=1S/C14H17N5S/c1-3-6-15-13-11-5-8-20-14(11)17-12(16-13)9-19-7-4-10(2)18-19/h4-5,7-8H,3,6,9H2,1-2H3,(H,15,16,17). The Hall–Kier alpha value is -1.95. The fourth-order valence-electron chi connectivity index (χ4n) is 2.04. The number of nitrogens with one attached hydrogen (secondary N) is 1. The van der Waals surface area contributed by atoms with Crippen LogP contribution >= 0.6 is 11.3 Å². The van der Waals surface area contributed by atoms with Gasteiger partial charge in [-0.05, 0) is 30.9 Å². The molecule has 20 heavy (non-hydrogen) atoms. The number of aromatic nitrogens is 4. The molecule has 0 bridgehead atoms. The first-order valence-corrected chi connectivity index (χ1v) is 7.62. The van der Waals surface area contributed by atoms with Crippen LogP contribution in [0.2, 0.25) is 0 Å². The second kappa shape index (κ2) is 5.58. The van der Waals surface area contributed by atoms with Crippen molar-refractivity contribution >= 4 is 27.4 Å². The fraction of sp³-hybridized carbons (Fsp3) is 0.357. The molecule has 0 aromatic carbocycles. The summed E-state index contributed by atoms with van der Waals surface area (Å²) in [7, 11) is 0. The van der Waals surface area contributed by atoms with Crippen molar-refractivity contribution < 1.29 is 0 Å². The first-order valence-electron chi connectivity index (χ1n) is 6.74. The minimum Gasteiger partial charge on any atom is -0.369 e. The summed E-state index contributed by atoms with van der Waals surface area (Å²) >= 11 is 1.64. The van der Waals surface area contributed by atoms with Crippen LogP contribution in [0.5, 0.6) is 0 Å². The summed E-state index contributed by atoms with van der Waals surface area (Å²) in [5.41, 5.74) is 1.01. The van der Waals surface area contributed by atoms with Gasteiger partial charge in [-0.3, -0.25) is 4.68 Å². The summed E-state index contributed by atoms with van der Waals surface area (Å²) in [6.07, 6.45) is 3.03. The Labute approximate surface area is 121 Å². The number of thiophene rings is 1. The first-order chi connectivity index (χ1) is 9.76. The molecule has 0 amide bonds. The molecule has 0 unspecified atom stereocenters. The van der Waals surface area contributed by atoms with Crippen molar-refractivity contribution in [1.29, 1.82) is 0 Å². The maximum atomic E-state index is 4.64. The SMILES string of the molecule is CCCNc1nc(Cn2ccc(C)n2)nc2sccc12. The largest absolute Gasteiger partial charge is 0.369 e. The van der Waals surface area contributed by atoms with Crippen LogP contribution in [0, 0.1) is 6.92 Å². The van der Waals surface area contributed by atoms with Gasteiger partial charge in [0.1, 0.15) is 17.2 Å². The molecule has 0 fully saturated rings. The Balaban J connectivity index is 1.94. The minimum atomic E-state index is 0.600. The molecule has 0 saturated carbocycles. The first kappa shape index (κ1) is 13.1. The smallest absolute Gasteiger partial charge is 0.153 e. The predicted molar refractivity (Wildman–Crippen MR) is 82.3 cm³/mol. The highest BCUT2D eigenvalue weighted by Crippen LogP contribution is 2.25. The van der Waals surface area contributed by atoms with Gasteiger partial charge in [0.05, 0.1) is 11.1 Å². The molecule has 0 atom stereocenters. The van der Waals surface area contributed by atoms with Crippen molar-refractivity contribution in [2.24, 2.45) is 0 Å². The van der Waals surface area contributed by atoms with E-state index >= 15 is 0 Å². The van der Waals surface area contributed by atoms with Gasteiger partial charge >= 0.3 is 0 Å². The summed E-state index contributed by atoms with van der Waals surface area (Å²) in [5.74, 6) is 1.72. The molecule has 3 aromatic rings. The third kappa shape index (κ3) is 2.65. The van der Waals surface area contributed by atoms with Gasteiger partial charge in [0.2, 0.25) is 0 Å². The van der Waals surface area contributed by atoms with E-state index in [0.29, 0.717) is 6.54 Å². The molecule has 1 N–H and O–H groups in total. The van der Waals surface area contributed by atoms with Crippen LogP contribution in [0.3, 0.4) is 0 Å². The highest BCUT2D eigenvalue weighted by Gasteiger charge is 2.09. The molecule has 3 rings (SSSR count). The van der Waals surface area contributed by atoms with E-state index in [0.717, 1.165) is 40.5 Å².